The van der Waals surface area contributed by atoms with Crippen LogP contribution in [-0.2, 0) is 17.3 Å². The summed E-state index contributed by atoms with van der Waals surface area (Å²) in [7, 11) is 1.54. The fourth-order valence-electron chi connectivity index (χ4n) is 5.41. The average molecular weight is 517 g/mol. The van der Waals surface area contributed by atoms with Gasteiger partial charge in [-0.15, -0.1) is 0 Å². The standard InChI is InChI=1S/C29H32F4N2O2/c1-6-17-13-28(3,4)14-22-23(17)24(18-7-10-20(30)11-8-18)25(26(35-22)16(2)37-5)27(36)21-12-9-19(15-34-21)29(31,32)33/h7-12,15-17,27,36H,6,13-14H2,1-5H3/t16?,17-,27?/m0/s1. The number of fused-ring (bicyclic) bond motifs is 1. The van der Waals surface area contributed by atoms with E-state index in [0.29, 0.717) is 23.2 Å². The molecule has 3 atom stereocenters. The van der Waals surface area contributed by atoms with Crippen LogP contribution >= 0.6 is 0 Å². The molecule has 0 saturated heterocycles. The Morgan fingerprint density at radius 1 is 1.14 bits per heavy atom. The van der Waals surface area contributed by atoms with Gasteiger partial charge in [0.25, 0.3) is 0 Å². The van der Waals surface area contributed by atoms with Gasteiger partial charge in [0.1, 0.15) is 11.9 Å². The van der Waals surface area contributed by atoms with Gasteiger partial charge in [0.2, 0.25) is 0 Å². The molecule has 0 amide bonds. The largest absolute Gasteiger partial charge is 0.417 e. The highest BCUT2D eigenvalue weighted by atomic mass is 19.4. The van der Waals surface area contributed by atoms with Gasteiger partial charge in [-0.25, -0.2) is 4.39 Å². The SMILES string of the molecule is CC[C@H]1CC(C)(C)Cc2nc(C(C)OC)c(C(O)c3ccc(C(F)(F)F)cn3)c(-c3ccc(F)cc3)c21. The van der Waals surface area contributed by atoms with Crippen molar-refractivity contribution in [1.82, 2.24) is 9.97 Å². The van der Waals surface area contributed by atoms with E-state index >= 15 is 0 Å². The van der Waals surface area contributed by atoms with Gasteiger partial charge >= 0.3 is 6.18 Å². The summed E-state index contributed by atoms with van der Waals surface area (Å²) in [4.78, 5) is 8.99. The van der Waals surface area contributed by atoms with Crippen LogP contribution in [0.5, 0.6) is 0 Å². The molecule has 1 aliphatic rings. The lowest BCUT2D eigenvalue weighted by Crippen LogP contribution is -2.29. The smallest absolute Gasteiger partial charge is 0.382 e. The third-order valence-corrected chi connectivity index (χ3v) is 7.27. The Labute approximate surface area is 214 Å². The highest BCUT2D eigenvalue weighted by Crippen LogP contribution is 2.50. The van der Waals surface area contributed by atoms with Crippen LogP contribution in [0, 0.1) is 11.2 Å². The van der Waals surface area contributed by atoms with Crippen molar-refractivity contribution in [2.45, 2.75) is 71.3 Å². The number of aliphatic hydroxyl groups excluding tert-OH is 1. The maximum atomic E-state index is 13.9. The Balaban J connectivity index is 2.04. The first kappa shape index (κ1) is 27.2. The maximum absolute atomic E-state index is 13.9. The van der Waals surface area contributed by atoms with Gasteiger partial charge in [-0.05, 0) is 78.5 Å². The molecule has 198 valence electrons. The third kappa shape index (κ3) is 5.41. The van der Waals surface area contributed by atoms with Crippen LogP contribution in [0.3, 0.4) is 0 Å². The molecular weight excluding hydrogens is 484 g/mol. The molecule has 4 nitrogen and oxygen atoms in total. The van der Waals surface area contributed by atoms with Gasteiger partial charge in [-0.3, -0.25) is 9.97 Å². The average Bonchev–Trinajstić information content (AvgIpc) is 2.85. The van der Waals surface area contributed by atoms with E-state index in [1.54, 1.807) is 12.1 Å². The van der Waals surface area contributed by atoms with E-state index in [1.165, 1.54) is 25.3 Å². The number of alkyl halides is 3. The zero-order valence-electron chi connectivity index (χ0n) is 21.7. The van der Waals surface area contributed by atoms with Gasteiger partial charge in [0, 0.05) is 24.6 Å². The minimum Gasteiger partial charge on any atom is -0.382 e. The highest BCUT2D eigenvalue weighted by Gasteiger charge is 2.38. The van der Waals surface area contributed by atoms with Crippen LogP contribution in [0.15, 0.2) is 42.6 Å². The zero-order valence-corrected chi connectivity index (χ0v) is 21.7. The van der Waals surface area contributed by atoms with Crippen LogP contribution in [-0.4, -0.2) is 22.2 Å². The van der Waals surface area contributed by atoms with E-state index < -0.39 is 29.8 Å². The monoisotopic (exact) mass is 516 g/mol. The molecular formula is C29H32F4N2O2. The lowest BCUT2D eigenvalue weighted by Gasteiger charge is -2.39. The number of aliphatic hydroxyl groups is 1. The Hall–Kier alpha value is -2.84. The molecule has 0 aliphatic heterocycles. The Bertz CT molecular complexity index is 1250. The Morgan fingerprint density at radius 3 is 2.35 bits per heavy atom. The molecule has 1 N–H and O–H groups in total. The lowest BCUT2D eigenvalue weighted by atomic mass is 9.67. The number of hydrogen-bond donors (Lipinski definition) is 1. The quantitative estimate of drug-likeness (QED) is 0.344. The van der Waals surface area contributed by atoms with Crippen LogP contribution in [0.2, 0.25) is 0 Å². The number of benzene rings is 1. The predicted molar refractivity (Wildman–Crippen MR) is 133 cm³/mol. The van der Waals surface area contributed by atoms with Crippen LogP contribution < -0.4 is 0 Å². The van der Waals surface area contributed by atoms with Gasteiger partial charge in [0.15, 0.2) is 0 Å². The van der Waals surface area contributed by atoms with Crippen LogP contribution in [0.25, 0.3) is 11.1 Å². The van der Waals surface area contributed by atoms with E-state index in [2.05, 4.69) is 25.8 Å². The molecule has 2 heterocycles. The van der Waals surface area contributed by atoms with E-state index in [0.717, 1.165) is 41.9 Å². The lowest BCUT2D eigenvalue weighted by molar-refractivity contribution is -0.137. The van der Waals surface area contributed by atoms with Gasteiger partial charge < -0.3 is 9.84 Å². The first-order valence-corrected chi connectivity index (χ1v) is 12.4. The van der Waals surface area contributed by atoms with Crippen molar-refractivity contribution in [2.75, 3.05) is 7.11 Å². The van der Waals surface area contributed by atoms with E-state index in [-0.39, 0.29) is 17.0 Å². The molecule has 8 heteroatoms. The summed E-state index contributed by atoms with van der Waals surface area (Å²) in [5.74, 6) is -0.262. The number of rotatable bonds is 6. The Morgan fingerprint density at radius 2 is 1.81 bits per heavy atom. The fourth-order valence-corrected chi connectivity index (χ4v) is 5.41. The second-order valence-electron chi connectivity index (χ2n) is 10.6. The van der Waals surface area contributed by atoms with Crippen molar-refractivity contribution in [1.29, 1.82) is 0 Å². The minimum atomic E-state index is -4.54. The predicted octanol–water partition coefficient (Wildman–Crippen LogP) is 7.56. The topological polar surface area (TPSA) is 55.2 Å². The second kappa shape index (κ2) is 10.1. The molecule has 1 aromatic carbocycles. The third-order valence-electron chi connectivity index (χ3n) is 7.27. The molecule has 0 spiro atoms. The van der Waals surface area contributed by atoms with Crippen molar-refractivity contribution in [3.63, 3.8) is 0 Å². The summed E-state index contributed by atoms with van der Waals surface area (Å²) in [6, 6.07) is 8.14. The number of ether oxygens (including phenoxy) is 1. The highest BCUT2D eigenvalue weighted by molar-refractivity contribution is 5.75. The van der Waals surface area contributed by atoms with Crippen LogP contribution in [0.4, 0.5) is 17.6 Å². The molecule has 0 fully saturated rings. The number of hydrogen-bond acceptors (Lipinski definition) is 4. The molecule has 0 saturated carbocycles. The van der Waals surface area contributed by atoms with Gasteiger partial charge in [-0.1, -0.05) is 32.9 Å². The number of pyridine rings is 2. The second-order valence-corrected chi connectivity index (χ2v) is 10.6. The summed E-state index contributed by atoms with van der Waals surface area (Å²) in [6.07, 6.45) is -3.27. The first-order valence-electron chi connectivity index (χ1n) is 12.4. The van der Waals surface area contributed by atoms with Crippen molar-refractivity contribution in [2.24, 2.45) is 5.41 Å². The molecule has 4 rings (SSSR count). The van der Waals surface area contributed by atoms with Crippen molar-refractivity contribution < 1.29 is 27.4 Å². The molecule has 2 unspecified atom stereocenters. The minimum absolute atomic E-state index is 0.00341. The van der Waals surface area contributed by atoms with Crippen molar-refractivity contribution in [3.8, 4) is 11.1 Å². The van der Waals surface area contributed by atoms with E-state index in [9.17, 15) is 22.7 Å². The molecule has 0 radical (unpaired) electrons. The van der Waals surface area contributed by atoms with Crippen LogP contribution in [0.1, 0.15) is 92.4 Å². The van der Waals surface area contributed by atoms with Gasteiger partial charge in [-0.2, -0.15) is 13.2 Å². The maximum Gasteiger partial charge on any atom is 0.417 e. The summed E-state index contributed by atoms with van der Waals surface area (Å²) in [6.45, 7) is 8.31. The zero-order chi connectivity index (χ0) is 27.1. The van der Waals surface area contributed by atoms with Crippen molar-refractivity contribution >= 4 is 0 Å². The molecule has 37 heavy (non-hydrogen) atoms. The molecule has 3 aromatic rings. The number of halogens is 4. The van der Waals surface area contributed by atoms with Crippen molar-refractivity contribution in [3.05, 3.63) is 82.2 Å². The first-order chi connectivity index (χ1) is 17.4. The van der Waals surface area contributed by atoms with Gasteiger partial charge in [0.05, 0.1) is 23.1 Å². The number of nitrogens with zero attached hydrogens (tertiary/aromatic N) is 2. The Kier molecular flexibility index (Phi) is 7.45. The molecule has 0 bridgehead atoms. The molecule has 2 aromatic heterocycles. The van der Waals surface area contributed by atoms with E-state index in [1.807, 2.05) is 6.92 Å². The number of aromatic nitrogens is 2. The summed E-state index contributed by atoms with van der Waals surface area (Å²) in [5.41, 5.74) is 3.38. The molecule has 1 aliphatic carbocycles. The summed E-state index contributed by atoms with van der Waals surface area (Å²) in [5, 5.41) is 11.7. The summed E-state index contributed by atoms with van der Waals surface area (Å²) >= 11 is 0. The number of methoxy groups -OCH3 is 1. The van der Waals surface area contributed by atoms with E-state index in [4.69, 9.17) is 9.72 Å². The summed E-state index contributed by atoms with van der Waals surface area (Å²) < 4.78 is 59.0. The normalized spacial score (nSPS) is 18.8. The fraction of sp³-hybridized carbons (Fsp3) is 0.448.